The van der Waals surface area contributed by atoms with Crippen LogP contribution in [0.25, 0.3) is 10.2 Å². The number of aromatic nitrogens is 2. The normalized spacial score (nSPS) is 31.3. The third-order valence-electron chi connectivity index (χ3n) is 7.76. The van der Waals surface area contributed by atoms with E-state index >= 15 is 0 Å². The summed E-state index contributed by atoms with van der Waals surface area (Å²) in [5, 5.41) is 5.06. The van der Waals surface area contributed by atoms with E-state index in [0.29, 0.717) is 28.5 Å². The molecule has 0 aromatic carbocycles. The molecule has 0 radical (unpaired) electrons. The molecule has 4 bridgehead atoms. The zero-order valence-corrected chi connectivity index (χ0v) is 17.7. The molecule has 7 heteroatoms. The monoisotopic (exact) mass is 415 g/mol. The number of nitrogens with one attached hydrogen (secondary N) is 2. The second-order valence-electron chi connectivity index (χ2n) is 9.72. The van der Waals surface area contributed by atoms with Crippen LogP contribution in [-0.4, -0.2) is 21.5 Å². The molecule has 29 heavy (non-hydrogen) atoms. The summed E-state index contributed by atoms with van der Waals surface area (Å²) in [6.07, 6.45) is 8.84. The van der Waals surface area contributed by atoms with Crippen molar-refractivity contribution in [2.24, 2.45) is 23.2 Å². The molecular weight excluding hydrogens is 386 g/mol. The van der Waals surface area contributed by atoms with E-state index in [1.165, 1.54) is 54.4 Å². The first kappa shape index (κ1) is 19.1. The van der Waals surface area contributed by atoms with Crippen LogP contribution in [0.3, 0.4) is 0 Å². The molecule has 2 heterocycles. The lowest BCUT2D eigenvalue weighted by Crippen LogP contribution is -2.55. The fourth-order valence-corrected chi connectivity index (χ4v) is 7.54. The van der Waals surface area contributed by atoms with Gasteiger partial charge in [-0.1, -0.05) is 0 Å². The zero-order valence-electron chi connectivity index (χ0n) is 16.9. The summed E-state index contributed by atoms with van der Waals surface area (Å²) < 4.78 is 1.78. The number of carbonyl (C=O) groups is 1. The van der Waals surface area contributed by atoms with Crippen molar-refractivity contribution in [2.75, 3.05) is 0 Å². The van der Waals surface area contributed by atoms with Crippen LogP contribution in [0.2, 0.25) is 0 Å². The molecule has 4 aliphatic rings. The molecule has 6 rings (SSSR count). The highest BCUT2D eigenvalue weighted by Crippen LogP contribution is 2.61. The van der Waals surface area contributed by atoms with Crippen molar-refractivity contribution in [1.82, 2.24) is 14.9 Å². The van der Waals surface area contributed by atoms with Gasteiger partial charge in [0.25, 0.3) is 5.56 Å². The number of thiophene rings is 1. The summed E-state index contributed by atoms with van der Waals surface area (Å²) in [5.41, 5.74) is 0.218. The fraction of sp³-hybridized carbons (Fsp3) is 0.682. The number of nitrogens with zero attached hydrogens (tertiary/aromatic N) is 1. The SMILES string of the molecule is C[C@H](NC(=O)CCCn1c(=O)[nH]c2ccsc2c1=O)C12CC3CC(CC(C3)C1)C2. The Morgan fingerprint density at radius 1 is 1.24 bits per heavy atom. The Hall–Kier alpha value is -1.89. The molecule has 0 aliphatic heterocycles. The highest BCUT2D eigenvalue weighted by atomic mass is 32.1. The minimum absolute atomic E-state index is 0.0370. The van der Waals surface area contributed by atoms with Crippen LogP contribution in [0.15, 0.2) is 21.0 Å². The molecule has 4 saturated carbocycles. The van der Waals surface area contributed by atoms with E-state index in [1.807, 2.05) is 0 Å². The van der Waals surface area contributed by atoms with Crippen LogP contribution in [0, 0.1) is 23.2 Å². The van der Waals surface area contributed by atoms with Gasteiger partial charge in [-0.15, -0.1) is 11.3 Å². The van der Waals surface area contributed by atoms with Gasteiger partial charge < -0.3 is 10.3 Å². The van der Waals surface area contributed by atoms with Crippen molar-refractivity contribution in [2.45, 2.75) is 70.9 Å². The molecule has 2 aromatic rings. The topological polar surface area (TPSA) is 84.0 Å². The molecule has 4 fully saturated rings. The van der Waals surface area contributed by atoms with Crippen molar-refractivity contribution in [1.29, 1.82) is 0 Å². The average Bonchev–Trinajstić information content (AvgIpc) is 3.11. The second kappa shape index (κ2) is 7.11. The summed E-state index contributed by atoms with van der Waals surface area (Å²) >= 11 is 1.33. The second-order valence-corrected chi connectivity index (χ2v) is 10.6. The van der Waals surface area contributed by atoms with Gasteiger partial charge in [0.05, 0.1) is 5.52 Å². The van der Waals surface area contributed by atoms with Crippen molar-refractivity contribution < 1.29 is 4.79 Å². The van der Waals surface area contributed by atoms with Crippen molar-refractivity contribution in [3.63, 3.8) is 0 Å². The maximum Gasteiger partial charge on any atom is 0.328 e. The van der Waals surface area contributed by atoms with E-state index < -0.39 is 5.69 Å². The zero-order chi connectivity index (χ0) is 20.2. The van der Waals surface area contributed by atoms with Gasteiger partial charge in [0.2, 0.25) is 5.91 Å². The first-order valence-electron chi connectivity index (χ1n) is 10.9. The Morgan fingerprint density at radius 2 is 1.90 bits per heavy atom. The van der Waals surface area contributed by atoms with Gasteiger partial charge in [-0.2, -0.15) is 0 Å². The summed E-state index contributed by atoms with van der Waals surface area (Å²) in [6.45, 7) is 2.45. The molecule has 156 valence electrons. The molecule has 6 nitrogen and oxygen atoms in total. The summed E-state index contributed by atoms with van der Waals surface area (Å²) in [6, 6.07) is 1.95. The molecule has 1 amide bonds. The summed E-state index contributed by atoms with van der Waals surface area (Å²) in [5.74, 6) is 2.64. The van der Waals surface area contributed by atoms with Gasteiger partial charge in [0, 0.05) is 19.0 Å². The van der Waals surface area contributed by atoms with E-state index in [1.54, 1.807) is 11.4 Å². The van der Waals surface area contributed by atoms with Gasteiger partial charge >= 0.3 is 5.69 Å². The molecule has 1 atom stereocenters. The number of fused-ring (bicyclic) bond motifs is 1. The largest absolute Gasteiger partial charge is 0.353 e. The quantitative estimate of drug-likeness (QED) is 0.760. The smallest absolute Gasteiger partial charge is 0.328 e. The lowest BCUT2D eigenvalue weighted by Gasteiger charge is -2.59. The molecule has 0 spiro atoms. The van der Waals surface area contributed by atoms with E-state index in [9.17, 15) is 14.4 Å². The molecule has 2 aromatic heterocycles. The lowest BCUT2D eigenvalue weighted by molar-refractivity contribution is -0.126. The number of rotatable bonds is 6. The number of carbonyl (C=O) groups excluding carboxylic acids is 1. The minimum atomic E-state index is -0.400. The van der Waals surface area contributed by atoms with Crippen LogP contribution < -0.4 is 16.6 Å². The Bertz CT molecular complexity index is 1010. The fourth-order valence-electron chi connectivity index (χ4n) is 6.75. The molecule has 0 unspecified atom stereocenters. The van der Waals surface area contributed by atoms with Crippen molar-refractivity contribution in [3.05, 3.63) is 32.3 Å². The van der Waals surface area contributed by atoms with Crippen LogP contribution in [0.5, 0.6) is 0 Å². The van der Waals surface area contributed by atoms with E-state index in [2.05, 4.69) is 17.2 Å². The van der Waals surface area contributed by atoms with Gasteiger partial charge in [0.1, 0.15) is 4.70 Å². The maximum atomic E-state index is 12.6. The predicted octanol–water partition coefficient (Wildman–Crippen LogP) is 3.25. The summed E-state index contributed by atoms with van der Waals surface area (Å²) in [7, 11) is 0. The van der Waals surface area contributed by atoms with Gasteiger partial charge in [0.15, 0.2) is 0 Å². The van der Waals surface area contributed by atoms with Crippen molar-refractivity contribution >= 4 is 27.5 Å². The predicted molar refractivity (Wildman–Crippen MR) is 114 cm³/mol. The van der Waals surface area contributed by atoms with Crippen LogP contribution in [0.1, 0.15) is 58.3 Å². The maximum absolute atomic E-state index is 12.6. The number of amides is 1. The van der Waals surface area contributed by atoms with Crippen LogP contribution >= 0.6 is 11.3 Å². The molecule has 0 saturated heterocycles. The van der Waals surface area contributed by atoms with Gasteiger partial charge in [-0.25, -0.2) is 4.79 Å². The third-order valence-corrected chi connectivity index (χ3v) is 8.66. The molecule has 2 N–H and O–H groups in total. The first-order chi connectivity index (χ1) is 13.9. The van der Waals surface area contributed by atoms with E-state index in [0.717, 1.165) is 17.8 Å². The number of hydrogen-bond donors (Lipinski definition) is 2. The number of H-pyrrole nitrogens is 1. The highest BCUT2D eigenvalue weighted by Gasteiger charge is 2.53. The minimum Gasteiger partial charge on any atom is -0.353 e. The molecular formula is C22H29N3O3S. The van der Waals surface area contributed by atoms with E-state index in [-0.39, 0.29) is 24.1 Å². The number of aromatic amines is 1. The Balaban J connectivity index is 1.19. The standard InChI is InChI=1S/C22H29N3O3S/c1-13(22-10-14-7-15(11-22)9-16(8-14)12-22)23-18(26)3-2-5-25-20(27)19-17(4-6-29-19)24-21(25)28/h4,6,13-16H,2-3,5,7-12H2,1H3,(H,23,26)(H,24,28)/t13-,14?,15?,16?,22?/m0/s1. The Labute approximate surface area is 173 Å². The average molecular weight is 416 g/mol. The molecule has 4 aliphatic carbocycles. The van der Waals surface area contributed by atoms with Crippen LogP contribution in [-0.2, 0) is 11.3 Å². The highest BCUT2D eigenvalue weighted by molar-refractivity contribution is 7.17. The van der Waals surface area contributed by atoms with Gasteiger partial charge in [-0.3, -0.25) is 14.2 Å². The van der Waals surface area contributed by atoms with Crippen molar-refractivity contribution in [3.8, 4) is 0 Å². The van der Waals surface area contributed by atoms with Gasteiger partial charge in [-0.05, 0) is 86.5 Å². The lowest BCUT2D eigenvalue weighted by atomic mass is 9.48. The Kier molecular flexibility index (Phi) is 4.68. The summed E-state index contributed by atoms with van der Waals surface area (Å²) in [4.78, 5) is 40.0. The Morgan fingerprint density at radius 3 is 2.55 bits per heavy atom. The van der Waals surface area contributed by atoms with E-state index in [4.69, 9.17) is 0 Å². The number of hydrogen-bond acceptors (Lipinski definition) is 4. The third kappa shape index (κ3) is 3.37. The first-order valence-corrected chi connectivity index (χ1v) is 11.8. The van der Waals surface area contributed by atoms with Crippen LogP contribution in [0.4, 0.5) is 0 Å².